The number of allylic oxidation sites excluding steroid dienone is 2. The van der Waals surface area contributed by atoms with Crippen LogP contribution in [-0.4, -0.2) is 47.9 Å². The lowest BCUT2D eigenvalue weighted by atomic mass is 9.51. The van der Waals surface area contributed by atoms with Crippen molar-refractivity contribution in [3.8, 4) is 28.7 Å². The molecule has 3 fully saturated rings. The van der Waals surface area contributed by atoms with E-state index in [2.05, 4.69) is 4.98 Å². The van der Waals surface area contributed by atoms with E-state index in [1.807, 2.05) is 36.4 Å². The number of para-hydroxylation sites is 3. The molecule has 1 saturated carbocycles. The molecular formula is C42H35N3O8. The minimum Gasteiger partial charge on any atom is -0.507 e. The van der Waals surface area contributed by atoms with Gasteiger partial charge >= 0.3 is 0 Å². The number of nitrogens with zero attached hydrogens (tertiary/aromatic N) is 3. The largest absolute Gasteiger partial charge is 0.507 e. The summed E-state index contributed by atoms with van der Waals surface area (Å²) in [6, 6.07) is 26.3. The van der Waals surface area contributed by atoms with Crippen LogP contribution in [0.4, 0.5) is 11.4 Å². The fourth-order valence-corrected chi connectivity index (χ4v) is 9.31. The van der Waals surface area contributed by atoms with Crippen molar-refractivity contribution in [3.05, 3.63) is 108 Å². The number of benzene rings is 4. The maximum atomic E-state index is 14.7. The van der Waals surface area contributed by atoms with Gasteiger partial charge in [0, 0.05) is 29.2 Å². The van der Waals surface area contributed by atoms with Gasteiger partial charge in [-0.15, -0.1) is 0 Å². The van der Waals surface area contributed by atoms with Crippen molar-refractivity contribution in [1.82, 2.24) is 4.98 Å². The van der Waals surface area contributed by atoms with Crippen molar-refractivity contribution in [1.29, 1.82) is 0 Å². The number of hydrogen-bond acceptors (Lipinski definition) is 9. The van der Waals surface area contributed by atoms with Crippen LogP contribution in [0, 0.1) is 29.1 Å². The van der Waals surface area contributed by atoms with Crippen molar-refractivity contribution in [3.63, 3.8) is 0 Å². The minimum absolute atomic E-state index is 0.164. The second-order valence-electron chi connectivity index (χ2n) is 14.3. The molecule has 9 rings (SSSR count). The van der Waals surface area contributed by atoms with E-state index in [0.717, 1.165) is 11.1 Å². The third-order valence-corrected chi connectivity index (χ3v) is 11.8. The zero-order chi connectivity index (χ0) is 36.8. The summed E-state index contributed by atoms with van der Waals surface area (Å²) in [5, 5.41) is 11.6. The Balaban J connectivity index is 1.13. The van der Waals surface area contributed by atoms with Gasteiger partial charge in [-0.3, -0.25) is 24.1 Å². The van der Waals surface area contributed by atoms with Crippen molar-refractivity contribution in [2.45, 2.75) is 25.7 Å². The Kier molecular flexibility index (Phi) is 7.34. The van der Waals surface area contributed by atoms with Gasteiger partial charge in [0.2, 0.25) is 29.5 Å². The molecule has 0 spiro atoms. The second-order valence-corrected chi connectivity index (χ2v) is 14.3. The Bertz CT molecular complexity index is 2350. The van der Waals surface area contributed by atoms with Crippen LogP contribution in [0.3, 0.4) is 0 Å². The van der Waals surface area contributed by atoms with Crippen LogP contribution < -0.4 is 19.3 Å². The molecule has 53 heavy (non-hydrogen) atoms. The van der Waals surface area contributed by atoms with E-state index in [0.29, 0.717) is 39.7 Å². The number of carbonyl (C=O) groups is 4. The molecule has 5 aromatic rings. The molecule has 4 aliphatic rings. The first-order chi connectivity index (χ1) is 25.6. The van der Waals surface area contributed by atoms with Crippen LogP contribution in [0.1, 0.15) is 31.2 Å². The summed E-state index contributed by atoms with van der Waals surface area (Å²) in [5.74, 6) is -4.32. The van der Waals surface area contributed by atoms with Crippen LogP contribution in [0.2, 0.25) is 0 Å². The second kappa shape index (κ2) is 11.9. The van der Waals surface area contributed by atoms with Crippen LogP contribution in [0.5, 0.6) is 17.2 Å². The van der Waals surface area contributed by atoms with Crippen molar-refractivity contribution < 1.29 is 38.2 Å². The van der Waals surface area contributed by atoms with E-state index in [1.54, 1.807) is 61.5 Å². The Morgan fingerprint density at radius 3 is 2.25 bits per heavy atom. The molecule has 266 valence electrons. The van der Waals surface area contributed by atoms with E-state index in [4.69, 9.17) is 13.9 Å². The number of phenols is 1. The summed E-state index contributed by atoms with van der Waals surface area (Å²) in [7, 11) is 2.94. The van der Waals surface area contributed by atoms with Crippen molar-refractivity contribution in [2.24, 2.45) is 29.1 Å². The summed E-state index contributed by atoms with van der Waals surface area (Å²) in [5.41, 5.74) is 2.64. The Labute approximate surface area is 304 Å². The molecule has 6 unspecified atom stereocenters. The lowest BCUT2D eigenvalue weighted by Crippen LogP contribution is -2.49. The monoisotopic (exact) mass is 709 g/mol. The highest BCUT2D eigenvalue weighted by atomic mass is 16.5. The Morgan fingerprint density at radius 1 is 0.811 bits per heavy atom. The van der Waals surface area contributed by atoms with Gasteiger partial charge in [0.1, 0.15) is 22.8 Å². The summed E-state index contributed by atoms with van der Waals surface area (Å²) in [6.07, 6.45) is 2.37. The number of anilines is 2. The van der Waals surface area contributed by atoms with Gasteiger partial charge in [-0.25, -0.2) is 9.88 Å². The zero-order valence-corrected chi connectivity index (χ0v) is 29.2. The van der Waals surface area contributed by atoms with Gasteiger partial charge in [-0.05, 0) is 74.2 Å². The van der Waals surface area contributed by atoms with E-state index in [-0.39, 0.29) is 42.1 Å². The van der Waals surface area contributed by atoms with Crippen LogP contribution in [0.25, 0.3) is 22.6 Å². The number of aromatic hydroxyl groups is 1. The first-order valence-electron chi connectivity index (χ1n) is 17.6. The Hall–Kier alpha value is -6.23. The highest BCUT2D eigenvalue weighted by Crippen LogP contribution is 2.65. The van der Waals surface area contributed by atoms with Gasteiger partial charge in [-0.2, -0.15) is 0 Å². The molecule has 11 nitrogen and oxygen atoms in total. The number of fused-ring (bicyclic) bond motifs is 5. The number of aromatic nitrogens is 1. The van der Waals surface area contributed by atoms with Gasteiger partial charge < -0.3 is 19.0 Å². The summed E-state index contributed by atoms with van der Waals surface area (Å²) in [6.45, 7) is 1.77. The van der Waals surface area contributed by atoms with E-state index in [1.165, 1.54) is 30.1 Å². The van der Waals surface area contributed by atoms with Gasteiger partial charge in [0.05, 0.1) is 48.8 Å². The summed E-state index contributed by atoms with van der Waals surface area (Å²) in [4.78, 5) is 65.0. The molecule has 0 radical (unpaired) electrons. The molecule has 0 bridgehead atoms. The highest BCUT2D eigenvalue weighted by Gasteiger charge is 2.68. The Morgan fingerprint density at radius 2 is 1.53 bits per heavy atom. The van der Waals surface area contributed by atoms with Crippen molar-refractivity contribution in [2.75, 3.05) is 24.0 Å². The summed E-state index contributed by atoms with van der Waals surface area (Å²) >= 11 is 0. The first-order valence-corrected chi connectivity index (χ1v) is 17.6. The number of oxazole rings is 1. The molecule has 4 amide bonds. The zero-order valence-electron chi connectivity index (χ0n) is 29.2. The van der Waals surface area contributed by atoms with Crippen LogP contribution in [0.15, 0.2) is 107 Å². The molecule has 4 aromatic carbocycles. The molecule has 1 aromatic heterocycles. The lowest BCUT2D eigenvalue weighted by molar-refractivity contribution is -0.131. The quantitative estimate of drug-likeness (QED) is 0.152. The number of rotatable bonds is 6. The molecule has 11 heteroatoms. The standard InChI is InChI=1S/C42H35N3O8/c1-42-29(39(48)45(41(42)50)23-9-5-4-6-10-23)21-28-26(36(42)35-31(46)19-25(51-2)20-33(35)52-3)17-18-27-34(28)40(49)44(38(27)47)24-15-13-22(14-16-24)37-43-30-11-7-8-12-32(30)53-37/h4-17,19-20,27-29,34,36,46H,18,21H2,1-3H3. The fraction of sp³-hybridized carbons (Fsp3) is 0.262. The normalized spacial score (nSPS) is 26.4. The predicted octanol–water partition coefficient (Wildman–Crippen LogP) is 6.65. The number of methoxy groups -OCH3 is 2. The molecule has 6 atom stereocenters. The van der Waals surface area contributed by atoms with E-state index < -0.39 is 40.9 Å². The smallest absolute Gasteiger partial charge is 0.241 e. The lowest BCUT2D eigenvalue weighted by Gasteiger charge is -2.49. The molecule has 2 saturated heterocycles. The molecule has 2 aliphatic carbocycles. The predicted molar refractivity (Wildman–Crippen MR) is 194 cm³/mol. The number of hydrogen-bond donors (Lipinski definition) is 1. The van der Waals surface area contributed by atoms with Crippen molar-refractivity contribution >= 4 is 46.1 Å². The number of phenolic OH excluding ortho intramolecular Hbond substituents is 1. The highest BCUT2D eigenvalue weighted by molar-refractivity contribution is 6.25. The van der Waals surface area contributed by atoms with Gasteiger partial charge in [-0.1, -0.05) is 42.0 Å². The number of imide groups is 2. The maximum absolute atomic E-state index is 14.7. The minimum atomic E-state index is -1.35. The fourth-order valence-electron chi connectivity index (χ4n) is 9.31. The van der Waals surface area contributed by atoms with E-state index >= 15 is 0 Å². The SMILES string of the molecule is COc1cc(O)c(C2C3=CCC4C(=O)N(c5ccc(-c6nc7ccccc7o6)cc5)C(=O)C4C3CC3C(=O)N(c4ccccc4)C(=O)C32C)c(OC)c1. The third kappa shape index (κ3) is 4.62. The average molecular weight is 710 g/mol. The number of carbonyl (C=O) groups excluding carboxylic acids is 4. The molecule has 1 N–H and O–H groups in total. The topological polar surface area (TPSA) is 139 Å². The first kappa shape index (κ1) is 32.7. The van der Waals surface area contributed by atoms with Crippen LogP contribution in [-0.2, 0) is 19.2 Å². The molecule has 2 aliphatic heterocycles. The number of ether oxygens (including phenoxy) is 2. The number of amides is 4. The molecular weight excluding hydrogens is 674 g/mol. The van der Waals surface area contributed by atoms with E-state index in [9.17, 15) is 24.3 Å². The maximum Gasteiger partial charge on any atom is 0.241 e. The van der Waals surface area contributed by atoms with Gasteiger partial charge in [0.25, 0.3) is 0 Å². The summed E-state index contributed by atoms with van der Waals surface area (Å²) < 4.78 is 17.1. The average Bonchev–Trinajstić information content (AvgIpc) is 3.78. The van der Waals surface area contributed by atoms with Gasteiger partial charge in [0.15, 0.2) is 5.58 Å². The molecule has 3 heterocycles. The van der Waals surface area contributed by atoms with Crippen LogP contribution >= 0.6 is 0 Å². The third-order valence-electron chi connectivity index (χ3n) is 11.8.